The first kappa shape index (κ1) is 15.8. The van der Waals surface area contributed by atoms with Crippen molar-refractivity contribution >= 4 is 11.6 Å². The molecule has 0 spiro atoms. The van der Waals surface area contributed by atoms with Gasteiger partial charge in [-0.15, -0.1) is 0 Å². The van der Waals surface area contributed by atoms with Gasteiger partial charge in [0.15, 0.2) is 0 Å². The second kappa shape index (κ2) is 7.99. The van der Waals surface area contributed by atoms with Crippen LogP contribution >= 0.6 is 11.6 Å². The van der Waals surface area contributed by atoms with Crippen LogP contribution in [-0.2, 0) is 6.42 Å². The molecule has 3 heteroatoms. The van der Waals surface area contributed by atoms with Gasteiger partial charge >= 0.3 is 0 Å². The van der Waals surface area contributed by atoms with E-state index in [-0.39, 0.29) is 5.82 Å². The average Bonchev–Trinajstić information content (AvgIpc) is 2.65. The summed E-state index contributed by atoms with van der Waals surface area (Å²) in [5, 5.41) is 4.23. The van der Waals surface area contributed by atoms with Gasteiger partial charge in [-0.2, -0.15) is 0 Å². The Labute approximate surface area is 126 Å². The van der Waals surface area contributed by atoms with Crippen LogP contribution in [0.2, 0.25) is 5.02 Å². The Bertz CT molecular complexity index is 421. The van der Waals surface area contributed by atoms with Crippen LogP contribution in [0.5, 0.6) is 0 Å². The standard InChI is InChI=1S/C17H25ClFN/c1-2-9-20-16-6-4-3-5-13(11-16)10-14-7-8-15(19)12-17(14)18/h7-8,12-13,16,20H,2-6,9-11H2,1H3. The van der Waals surface area contributed by atoms with Gasteiger partial charge < -0.3 is 5.32 Å². The Morgan fingerprint density at radius 3 is 2.85 bits per heavy atom. The van der Waals surface area contributed by atoms with Crippen molar-refractivity contribution in [1.82, 2.24) is 5.32 Å². The van der Waals surface area contributed by atoms with Crippen LogP contribution in [0.3, 0.4) is 0 Å². The molecule has 0 saturated heterocycles. The van der Waals surface area contributed by atoms with Gasteiger partial charge in [0.05, 0.1) is 0 Å². The molecule has 0 amide bonds. The summed E-state index contributed by atoms with van der Waals surface area (Å²) in [6.07, 6.45) is 8.54. The van der Waals surface area contributed by atoms with E-state index < -0.39 is 0 Å². The molecule has 1 aliphatic carbocycles. The summed E-state index contributed by atoms with van der Waals surface area (Å²) < 4.78 is 13.1. The summed E-state index contributed by atoms with van der Waals surface area (Å²) in [5.41, 5.74) is 1.09. The maximum atomic E-state index is 13.1. The van der Waals surface area contributed by atoms with Gasteiger partial charge in [0.2, 0.25) is 0 Å². The molecule has 1 aromatic carbocycles. The van der Waals surface area contributed by atoms with Crippen LogP contribution in [0, 0.1) is 11.7 Å². The van der Waals surface area contributed by atoms with Crippen LogP contribution in [0.4, 0.5) is 4.39 Å². The van der Waals surface area contributed by atoms with Crippen LogP contribution < -0.4 is 5.32 Å². The van der Waals surface area contributed by atoms with E-state index in [9.17, 15) is 4.39 Å². The summed E-state index contributed by atoms with van der Waals surface area (Å²) in [4.78, 5) is 0. The van der Waals surface area contributed by atoms with Crippen molar-refractivity contribution < 1.29 is 4.39 Å². The first-order chi connectivity index (χ1) is 9.69. The number of nitrogens with one attached hydrogen (secondary N) is 1. The van der Waals surface area contributed by atoms with E-state index in [1.54, 1.807) is 0 Å². The molecule has 20 heavy (non-hydrogen) atoms. The zero-order valence-electron chi connectivity index (χ0n) is 12.3. The normalized spacial score (nSPS) is 23.6. The lowest BCUT2D eigenvalue weighted by Crippen LogP contribution is -2.31. The molecular weight excluding hydrogens is 273 g/mol. The number of hydrogen-bond donors (Lipinski definition) is 1. The monoisotopic (exact) mass is 297 g/mol. The first-order valence-corrected chi connectivity index (χ1v) is 8.24. The maximum Gasteiger partial charge on any atom is 0.124 e. The highest BCUT2D eigenvalue weighted by Gasteiger charge is 2.20. The van der Waals surface area contributed by atoms with Gasteiger partial charge in [0, 0.05) is 11.1 Å². The van der Waals surface area contributed by atoms with Crippen molar-refractivity contribution in [2.24, 2.45) is 5.92 Å². The van der Waals surface area contributed by atoms with E-state index in [1.807, 2.05) is 6.07 Å². The third-order valence-electron chi connectivity index (χ3n) is 4.24. The van der Waals surface area contributed by atoms with Crippen LogP contribution in [-0.4, -0.2) is 12.6 Å². The Balaban J connectivity index is 1.96. The zero-order chi connectivity index (χ0) is 14.4. The van der Waals surface area contributed by atoms with Crippen molar-refractivity contribution in [3.05, 3.63) is 34.6 Å². The molecule has 0 aromatic heterocycles. The molecule has 0 bridgehead atoms. The fourth-order valence-electron chi connectivity index (χ4n) is 3.18. The number of benzene rings is 1. The van der Waals surface area contributed by atoms with E-state index in [2.05, 4.69) is 12.2 Å². The molecule has 0 aliphatic heterocycles. The van der Waals surface area contributed by atoms with Gasteiger partial charge in [-0.1, -0.05) is 43.9 Å². The highest BCUT2D eigenvalue weighted by molar-refractivity contribution is 6.31. The fourth-order valence-corrected chi connectivity index (χ4v) is 3.42. The second-order valence-corrected chi connectivity index (χ2v) is 6.38. The maximum absolute atomic E-state index is 13.1. The fraction of sp³-hybridized carbons (Fsp3) is 0.647. The molecule has 1 nitrogen and oxygen atoms in total. The third kappa shape index (κ3) is 4.75. The smallest absolute Gasteiger partial charge is 0.124 e. The molecule has 1 N–H and O–H groups in total. The highest BCUT2D eigenvalue weighted by Crippen LogP contribution is 2.29. The molecule has 112 valence electrons. The minimum absolute atomic E-state index is 0.248. The minimum Gasteiger partial charge on any atom is -0.314 e. The summed E-state index contributed by atoms with van der Waals surface area (Å²) in [5.74, 6) is 0.414. The zero-order valence-corrected chi connectivity index (χ0v) is 13.1. The summed E-state index contributed by atoms with van der Waals surface area (Å²) in [7, 11) is 0. The molecule has 2 atom stereocenters. The summed E-state index contributed by atoms with van der Waals surface area (Å²) in [6, 6.07) is 5.43. The van der Waals surface area contributed by atoms with Crippen molar-refractivity contribution in [3.63, 3.8) is 0 Å². The van der Waals surface area contributed by atoms with Crippen molar-refractivity contribution in [1.29, 1.82) is 0 Å². The van der Waals surface area contributed by atoms with Crippen LogP contribution in [0.15, 0.2) is 18.2 Å². The Morgan fingerprint density at radius 2 is 2.10 bits per heavy atom. The van der Waals surface area contributed by atoms with Crippen molar-refractivity contribution in [2.75, 3.05) is 6.54 Å². The highest BCUT2D eigenvalue weighted by atomic mass is 35.5. The van der Waals surface area contributed by atoms with E-state index in [0.717, 1.165) is 18.5 Å². The molecular formula is C17H25ClFN. The van der Waals surface area contributed by atoms with Crippen LogP contribution in [0.25, 0.3) is 0 Å². The quantitative estimate of drug-likeness (QED) is 0.757. The SMILES string of the molecule is CCCNC1CCCCC(Cc2ccc(F)cc2Cl)C1. The predicted octanol–water partition coefficient (Wildman–Crippen LogP) is 4.97. The lowest BCUT2D eigenvalue weighted by Gasteiger charge is -2.21. The molecule has 1 aromatic rings. The van der Waals surface area contributed by atoms with Gasteiger partial charge in [-0.05, 0) is 55.8 Å². The molecule has 1 fully saturated rings. The predicted molar refractivity (Wildman–Crippen MR) is 83.8 cm³/mol. The van der Waals surface area contributed by atoms with E-state index in [1.165, 1.54) is 50.7 Å². The van der Waals surface area contributed by atoms with Gasteiger partial charge in [-0.25, -0.2) is 4.39 Å². The molecule has 0 heterocycles. The van der Waals surface area contributed by atoms with E-state index in [0.29, 0.717) is 17.0 Å². The van der Waals surface area contributed by atoms with Crippen LogP contribution in [0.1, 0.15) is 51.0 Å². The number of rotatable bonds is 5. The largest absolute Gasteiger partial charge is 0.314 e. The molecule has 2 rings (SSSR count). The Morgan fingerprint density at radius 1 is 1.30 bits per heavy atom. The molecule has 0 radical (unpaired) electrons. The number of hydrogen-bond acceptors (Lipinski definition) is 1. The number of halogens is 2. The van der Waals surface area contributed by atoms with Gasteiger partial charge in [0.25, 0.3) is 0 Å². The Hall–Kier alpha value is -0.600. The van der Waals surface area contributed by atoms with Gasteiger partial charge in [0.1, 0.15) is 5.82 Å². The van der Waals surface area contributed by atoms with E-state index in [4.69, 9.17) is 11.6 Å². The summed E-state index contributed by atoms with van der Waals surface area (Å²) >= 11 is 6.15. The first-order valence-electron chi connectivity index (χ1n) is 7.86. The lowest BCUT2D eigenvalue weighted by atomic mass is 9.91. The Kier molecular flexibility index (Phi) is 6.31. The lowest BCUT2D eigenvalue weighted by molar-refractivity contribution is 0.384. The van der Waals surface area contributed by atoms with Gasteiger partial charge in [-0.3, -0.25) is 0 Å². The van der Waals surface area contributed by atoms with Crippen molar-refractivity contribution in [2.45, 2.75) is 57.9 Å². The molecule has 2 unspecified atom stereocenters. The topological polar surface area (TPSA) is 12.0 Å². The second-order valence-electron chi connectivity index (χ2n) is 5.98. The third-order valence-corrected chi connectivity index (χ3v) is 4.59. The average molecular weight is 298 g/mol. The summed E-state index contributed by atoms with van der Waals surface area (Å²) in [6.45, 7) is 3.31. The minimum atomic E-state index is -0.248. The van der Waals surface area contributed by atoms with E-state index >= 15 is 0 Å². The molecule has 1 saturated carbocycles. The van der Waals surface area contributed by atoms with Crippen molar-refractivity contribution in [3.8, 4) is 0 Å². The molecule has 1 aliphatic rings.